The minimum atomic E-state index is -0.304. The molecule has 0 amide bonds. The summed E-state index contributed by atoms with van der Waals surface area (Å²) in [6.45, 7) is 0. The largest absolute Gasteiger partial charge is 0.465 e. The van der Waals surface area contributed by atoms with Gasteiger partial charge in [0.2, 0.25) is 0 Å². The van der Waals surface area contributed by atoms with Crippen molar-refractivity contribution in [1.29, 1.82) is 0 Å². The third kappa shape index (κ3) is 2.77. The Morgan fingerprint density at radius 2 is 2.25 bits per heavy atom. The predicted molar refractivity (Wildman–Crippen MR) is 54.4 cm³/mol. The topological polar surface area (TPSA) is 30.2 Å². The SMILES string of the molecule is COC(=O)c1ccc[n+](C)c1.I. The van der Waals surface area contributed by atoms with E-state index in [1.165, 1.54) is 7.11 Å². The lowest BCUT2D eigenvalue weighted by molar-refractivity contribution is -0.671. The van der Waals surface area contributed by atoms with Gasteiger partial charge >= 0.3 is 5.97 Å². The van der Waals surface area contributed by atoms with Gasteiger partial charge in [-0.1, -0.05) is 0 Å². The molecule has 0 fully saturated rings. The number of nitrogens with zero attached hydrogens (tertiary/aromatic N) is 1. The molecule has 0 aliphatic heterocycles. The highest BCUT2D eigenvalue weighted by Gasteiger charge is 2.07. The lowest BCUT2D eigenvalue weighted by Crippen LogP contribution is -2.27. The highest BCUT2D eigenvalue weighted by atomic mass is 127. The molecule has 0 aromatic carbocycles. The molecule has 0 aliphatic carbocycles. The van der Waals surface area contributed by atoms with Crippen molar-refractivity contribution >= 4 is 29.9 Å². The van der Waals surface area contributed by atoms with Gasteiger partial charge in [-0.2, -0.15) is 0 Å². The minimum Gasteiger partial charge on any atom is -0.465 e. The Morgan fingerprint density at radius 3 is 2.75 bits per heavy atom. The number of pyridine rings is 1. The second-order valence-electron chi connectivity index (χ2n) is 2.25. The number of rotatable bonds is 1. The van der Waals surface area contributed by atoms with Crippen molar-refractivity contribution in [1.82, 2.24) is 0 Å². The first kappa shape index (κ1) is 11.4. The number of aromatic nitrogens is 1. The van der Waals surface area contributed by atoms with E-state index < -0.39 is 0 Å². The van der Waals surface area contributed by atoms with Crippen LogP contribution in [0.5, 0.6) is 0 Å². The van der Waals surface area contributed by atoms with E-state index in [0.29, 0.717) is 5.56 Å². The van der Waals surface area contributed by atoms with Crippen LogP contribution in [-0.4, -0.2) is 13.1 Å². The maximum Gasteiger partial charge on any atom is 0.343 e. The van der Waals surface area contributed by atoms with Gasteiger partial charge in [-0.25, -0.2) is 9.36 Å². The standard InChI is InChI=1S/C8H10NO2.HI/c1-9-5-3-4-7(6-9)8(10)11-2;/h3-6H,1-2H3;1H/q+1;. The Balaban J connectivity index is 0.00000121. The number of esters is 1. The molecule has 0 aliphatic rings. The second kappa shape index (κ2) is 5.08. The number of carbonyl (C=O) groups excluding carboxylic acids is 1. The molecular formula is C8H11INO2+. The molecule has 0 saturated heterocycles. The Labute approximate surface area is 88.4 Å². The summed E-state index contributed by atoms with van der Waals surface area (Å²) in [7, 11) is 3.22. The molecule has 1 aromatic rings. The van der Waals surface area contributed by atoms with Gasteiger partial charge in [0.05, 0.1) is 7.11 Å². The number of aryl methyl sites for hydroxylation is 1. The van der Waals surface area contributed by atoms with Gasteiger partial charge in [0.15, 0.2) is 12.4 Å². The summed E-state index contributed by atoms with van der Waals surface area (Å²) in [5.74, 6) is -0.304. The lowest BCUT2D eigenvalue weighted by atomic mass is 10.3. The van der Waals surface area contributed by atoms with Crippen molar-refractivity contribution in [2.75, 3.05) is 7.11 Å². The summed E-state index contributed by atoms with van der Waals surface area (Å²) in [4.78, 5) is 10.9. The molecule has 1 rings (SSSR count). The van der Waals surface area contributed by atoms with Gasteiger partial charge in [-0.15, -0.1) is 24.0 Å². The molecule has 0 spiro atoms. The van der Waals surface area contributed by atoms with Crippen LogP contribution in [0, 0.1) is 0 Å². The fourth-order valence-electron chi connectivity index (χ4n) is 0.827. The maximum atomic E-state index is 10.9. The van der Waals surface area contributed by atoms with Gasteiger partial charge in [-0.3, -0.25) is 0 Å². The van der Waals surface area contributed by atoms with Crippen LogP contribution in [-0.2, 0) is 11.8 Å². The van der Waals surface area contributed by atoms with Gasteiger partial charge in [0, 0.05) is 6.07 Å². The summed E-state index contributed by atoms with van der Waals surface area (Å²) < 4.78 is 6.34. The van der Waals surface area contributed by atoms with Gasteiger partial charge in [0.25, 0.3) is 0 Å². The Kier molecular flexibility index (Phi) is 4.80. The molecule has 1 heterocycles. The van der Waals surface area contributed by atoms with E-state index in [-0.39, 0.29) is 29.9 Å². The predicted octanol–water partition coefficient (Wildman–Crippen LogP) is 0.916. The number of halogens is 1. The number of hydrogen-bond acceptors (Lipinski definition) is 2. The number of ether oxygens (including phenoxy) is 1. The van der Waals surface area contributed by atoms with E-state index in [1.54, 1.807) is 22.9 Å². The molecule has 66 valence electrons. The normalized spacial score (nSPS) is 8.50. The monoisotopic (exact) mass is 280 g/mol. The quantitative estimate of drug-likeness (QED) is 0.435. The first-order chi connectivity index (χ1) is 5.24. The van der Waals surface area contributed by atoms with Crippen LogP contribution >= 0.6 is 24.0 Å². The van der Waals surface area contributed by atoms with E-state index in [1.807, 2.05) is 13.2 Å². The first-order valence-electron chi connectivity index (χ1n) is 3.27. The van der Waals surface area contributed by atoms with Crippen molar-refractivity contribution < 1.29 is 14.1 Å². The van der Waals surface area contributed by atoms with Gasteiger partial charge in [0.1, 0.15) is 12.6 Å². The van der Waals surface area contributed by atoms with Crippen LogP contribution in [0.1, 0.15) is 10.4 Å². The van der Waals surface area contributed by atoms with Crippen molar-refractivity contribution in [3.8, 4) is 0 Å². The Morgan fingerprint density at radius 1 is 1.58 bits per heavy atom. The molecular weight excluding hydrogens is 269 g/mol. The van der Waals surface area contributed by atoms with Crippen LogP contribution in [0.3, 0.4) is 0 Å². The summed E-state index contributed by atoms with van der Waals surface area (Å²) in [5.41, 5.74) is 0.567. The number of hydrogen-bond donors (Lipinski definition) is 0. The average molecular weight is 280 g/mol. The third-order valence-electron chi connectivity index (χ3n) is 1.36. The molecule has 0 radical (unpaired) electrons. The van der Waals surface area contributed by atoms with Crippen LogP contribution < -0.4 is 4.57 Å². The van der Waals surface area contributed by atoms with E-state index in [2.05, 4.69) is 4.74 Å². The maximum absolute atomic E-state index is 10.9. The Hall–Kier alpha value is -0.650. The molecule has 0 atom stereocenters. The van der Waals surface area contributed by atoms with Crippen molar-refractivity contribution in [3.05, 3.63) is 30.1 Å². The van der Waals surface area contributed by atoms with Crippen LogP contribution in [0.4, 0.5) is 0 Å². The fraction of sp³-hybridized carbons (Fsp3) is 0.250. The molecule has 0 bridgehead atoms. The zero-order chi connectivity index (χ0) is 8.27. The highest BCUT2D eigenvalue weighted by molar-refractivity contribution is 14.0. The smallest absolute Gasteiger partial charge is 0.343 e. The third-order valence-corrected chi connectivity index (χ3v) is 1.36. The van der Waals surface area contributed by atoms with Crippen molar-refractivity contribution in [2.24, 2.45) is 7.05 Å². The zero-order valence-electron chi connectivity index (χ0n) is 6.98. The molecule has 0 unspecified atom stereocenters. The first-order valence-corrected chi connectivity index (χ1v) is 3.27. The highest BCUT2D eigenvalue weighted by Crippen LogP contribution is 1.95. The molecule has 3 nitrogen and oxygen atoms in total. The Bertz CT molecular complexity index is 276. The minimum absolute atomic E-state index is 0. The van der Waals surface area contributed by atoms with E-state index in [4.69, 9.17) is 0 Å². The van der Waals surface area contributed by atoms with E-state index in [0.717, 1.165) is 0 Å². The van der Waals surface area contributed by atoms with Crippen molar-refractivity contribution in [3.63, 3.8) is 0 Å². The van der Waals surface area contributed by atoms with E-state index in [9.17, 15) is 4.79 Å². The van der Waals surface area contributed by atoms with Crippen LogP contribution in [0.15, 0.2) is 24.5 Å². The fourth-order valence-corrected chi connectivity index (χ4v) is 0.827. The van der Waals surface area contributed by atoms with Crippen LogP contribution in [0.2, 0.25) is 0 Å². The van der Waals surface area contributed by atoms with Gasteiger partial charge < -0.3 is 4.74 Å². The van der Waals surface area contributed by atoms with E-state index >= 15 is 0 Å². The summed E-state index contributed by atoms with van der Waals surface area (Å²) in [6, 6.07) is 3.51. The molecule has 0 saturated carbocycles. The number of carbonyl (C=O) groups is 1. The molecule has 4 heteroatoms. The lowest BCUT2D eigenvalue weighted by Gasteiger charge is -1.94. The summed E-state index contributed by atoms with van der Waals surface area (Å²) in [6.07, 6.45) is 3.57. The van der Waals surface area contributed by atoms with Crippen molar-refractivity contribution in [2.45, 2.75) is 0 Å². The van der Waals surface area contributed by atoms with Crippen LogP contribution in [0.25, 0.3) is 0 Å². The summed E-state index contributed by atoms with van der Waals surface area (Å²) in [5, 5.41) is 0. The molecule has 1 aromatic heterocycles. The number of methoxy groups -OCH3 is 1. The molecule has 0 N–H and O–H groups in total. The second-order valence-corrected chi connectivity index (χ2v) is 2.25. The van der Waals surface area contributed by atoms with Gasteiger partial charge in [-0.05, 0) is 6.07 Å². The average Bonchev–Trinajstić information content (AvgIpc) is 2.03. The zero-order valence-corrected chi connectivity index (χ0v) is 9.31. The summed E-state index contributed by atoms with van der Waals surface area (Å²) >= 11 is 0. The molecule has 12 heavy (non-hydrogen) atoms.